The number of nitrogens with zero attached hydrogens (tertiary/aromatic N) is 3. The molecule has 0 unspecified atom stereocenters. The predicted octanol–water partition coefficient (Wildman–Crippen LogP) is 0.582. The maximum Gasteiger partial charge on any atom is 0.0455 e. The van der Waals surface area contributed by atoms with Gasteiger partial charge in [-0.2, -0.15) is 0 Å². The Morgan fingerprint density at radius 3 is 2.12 bits per heavy atom. The summed E-state index contributed by atoms with van der Waals surface area (Å²) in [7, 11) is 0. The van der Waals surface area contributed by atoms with Gasteiger partial charge in [0.15, 0.2) is 0 Å². The number of hydrogen-bond acceptors (Lipinski definition) is 4. The first-order chi connectivity index (χ1) is 7.78. The third-order valence-electron chi connectivity index (χ3n) is 3.80. The van der Waals surface area contributed by atoms with E-state index in [-0.39, 0.29) is 0 Å². The maximum absolute atomic E-state index is 5.66. The van der Waals surface area contributed by atoms with Gasteiger partial charge in [0.25, 0.3) is 0 Å². The van der Waals surface area contributed by atoms with Crippen molar-refractivity contribution in [2.24, 2.45) is 11.7 Å². The molecule has 2 rings (SSSR count). The molecule has 2 aliphatic rings. The minimum atomic E-state index is 0.736. The van der Waals surface area contributed by atoms with E-state index in [4.69, 9.17) is 5.73 Å². The molecule has 0 spiro atoms. The molecule has 2 saturated heterocycles. The summed E-state index contributed by atoms with van der Waals surface area (Å²) in [4.78, 5) is 5.00. The van der Waals surface area contributed by atoms with Crippen LogP contribution >= 0.6 is 22.9 Å². The summed E-state index contributed by atoms with van der Waals surface area (Å²) in [6.07, 6.45) is 2.67. The third kappa shape index (κ3) is 3.80. The van der Waals surface area contributed by atoms with Crippen molar-refractivity contribution in [1.82, 2.24) is 12.9 Å². The quantitative estimate of drug-likeness (QED) is 0.603. The van der Waals surface area contributed by atoms with Crippen LogP contribution in [-0.4, -0.2) is 65.4 Å². The molecule has 0 bridgehead atoms. The Labute approximate surface area is 113 Å². The maximum atomic E-state index is 5.66. The van der Waals surface area contributed by atoms with Crippen molar-refractivity contribution in [3.8, 4) is 0 Å². The Balaban J connectivity index is 1.66. The van der Waals surface area contributed by atoms with Gasteiger partial charge in [-0.1, -0.05) is 0 Å². The topological polar surface area (TPSA) is 35.7 Å². The third-order valence-corrected chi connectivity index (χ3v) is 4.76. The molecule has 5 heteroatoms. The van der Waals surface area contributed by atoms with E-state index in [1.165, 1.54) is 58.7 Å². The molecule has 0 radical (unpaired) electrons. The zero-order valence-electron chi connectivity index (χ0n) is 9.95. The summed E-state index contributed by atoms with van der Waals surface area (Å²) >= 11 is 2.43. The molecule has 94 valence electrons. The fourth-order valence-electron chi connectivity index (χ4n) is 2.62. The highest BCUT2D eigenvalue weighted by molar-refractivity contribution is 14.1. The zero-order valence-corrected chi connectivity index (χ0v) is 12.1. The number of nitrogens with two attached hydrogens (primary N) is 1. The van der Waals surface area contributed by atoms with Crippen LogP contribution in [0.15, 0.2) is 0 Å². The fraction of sp³-hybridized carbons (Fsp3) is 1.00. The molecule has 2 N–H and O–H groups in total. The van der Waals surface area contributed by atoms with E-state index >= 15 is 0 Å². The normalized spacial score (nSPS) is 27.4. The minimum Gasteiger partial charge on any atom is -0.318 e. The van der Waals surface area contributed by atoms with Crippen molar-refractivity contribution in [2.45, 2.75) is 12.8 Å². The Morgan fingerprint density at radius 2 is 1.56 bits per heavy atom. The van der Waals surface area contributed by atoms with Gasteiger partial charge < -0.3 is 10.6 Å². The van der Waals surface area contributed by atoms with E-state index in [1.807, 2.05) is 0 Å². The van der Waals surface area contributed by atoms with Crippen LogP contribution in [0, 0.1) is 5.92 Å². The zero-order chi connectivity index (χ0) is 11.4. The smallest absolute Gasteiger partial charge is 0.0455 e. The van der Waals surface area contributed by atoms with Gasteiger partial charge >= 0.3 is 0 Å². The highest BCUT2D eigenvalue weighted by atomic mass is 127. The fourth-order valence-corrected chi connectivity index (χ4v) is 3.05. The largest absolute Gasteiger partial charge is 0.318 e. The Kier molecular flexibility index (Phi) is 5.28. The van der Waals surface area contributed by atoms with Crippen LogP contribution in [0.3, 0.4) is 0 Å². The molecule has 0 aromatic carbocycles. The van der Waals surface area contributed by atoms with Crippen LogP contribution in [0.2, 0.25) is 0 Å². The summed E-state index contributed by atoms with van der Waals surface area (Å²) < 4.78 is 2.39. The minimum absolute atomic E-state index is 0.736. The molecule has 0 amide bonds. The van der Waals surface area contributed by atoms with E-state index in [0.717, 1.165) is 12.6 Å². The Morgan fingerprint density at radius 1 is 0.938 bits per heavy atom. The van der Waals surface area contributed by atoms with Gasteiger partial charge in [-0.05, 0) is 31.8 Å². The molecule has 16 heavy (non-hydrogen) atoms. The molecular formula is C11H23IN4. The summed E-state index contributed by atoms with van der Waals surface area (Å²) in [6, 6.07) is 0. The standard InChI is InChI=1S/C11H23IN4/c12-16-7-5-14(6-8-16)9-11-1-3-15(10-13)4-2-11/h11H,1-10,13H2. The molecular weight excluding hydrogens is 315 g/mol. The summed E-state index contributed by atoms with van der Waals surface area (Å²) in [6.45, 7) is 9.40. The molecule has 0 saturated carbocycles. The Hall–Kier alpha value is 0.570. The van der Waals surface area contributed by atoms with Crippen LogP contribution in [0.25, 0.3) is 0 Å². The molecule has 4 nitrogen and oxygen atoms in total. The van der Waals surface area contributed by atoms with Crippen molar-refractivity contribution in [1.29, 1.82) is 0 Å². The molecule has 0 aliphatic carbocycles. The van der Waals surface area contributed by atoms with E-state index in [1.54, 1.807) is 0 Å². The molecule has 0 atom stereocenters. The van der Waals surface area contributed by atoms with Gasteiger partial charge in [-0.25, -0.2) is 3.11 Å². The summed E-state index contributed by atoms with van der Waals surface area (Å²) in [5.74, 6) is 0.906. The second-order valence-electron chi connectivity index (χ2n) is 4.95. The van der Waals surface area contributed by atoms with Crippen molar-refractivity contribution in [2.75, 3.05) is 52.5 Å². The van der Waals surface area contributed by atoms with Crippen molar-refractivity contribution in [3.63, 3.8) is 0 Å². The highest BCUT2D eigenvalue weighted by Crippen LogP contribution is 2.18. The SMILES string of the molecule is NCN1CCC(CN2CCN(I)CC2)CC1. The first kappa shape index (κ1) is 13.0. The van der Waals surface area contributed by atoms with Crippen LogP contribution in [-0.2, 0) is 0 Å². The van der Waals surface area contributed by atoms with Gasteiger partial charge in [0.05, 0.1) is 0 Å². The number of piperidine rings is 1. The first-order valence-electron chi connectivity index (χ1n) is 6.33. The summed E-state index contributed by atoms with van der Waals surface area (Å²) in [5, 5.41) is 0. The molecule has 2 heterocycles. The average molecular weight is 338 g/mol. The average Bonchev–Trinajstić information content (AvgIpc) is 2.33. The monoisotopic (exact) mass is 338 g/mol. The van der Waals surface area contributed by atoms with Gasteiger partial charge in [-0.15, -0.1) is 0 Å². The first-order valence-corrected chi connectivity index (χ1v) is 7.30. The van der Waals surface area contributed by atoms with Crippen molar-refractivity contribution in [3.05, 3.63) is 0 Å². The van der Waals surface area contributed by atoms with E-state index < -0.39 is 0 Å². The van der Waals surface area contributed by atoms with Gasteiger partial charge in [0.2, 0.25) is 0 Å². The van der Waals surface area contributed by atoms with Gasteiger partial charge in [-0.3, -0.25) is 4.90 Å². The number of rotatable bonds is 3. The van der Waals surface area contributed by atoms with Gasteiger partial charge in [0, 0.05) is 62.3 Å². The lowest BCUT2D eigenvalue weighted by molar-refractivity contribution is 0.127. The van der Waals surface area contributed by atoms with Gasteiger partial charge in [0.1, 0.15) is 0 Å². The highest BCUT2D eigenvalue weighted by Gasteiger charge is 2.22. The second kappa shape index (κ2) is 6.49. The van der Waals surface area contributed by atoms with E-state index in [9.17, 15) is 0 Å². The lowest BCUT2D eigenvalue weighted by atomic mass is 9.96. The Bertz CT molecular complexity index is 198. The molecule has 0 aromatic heterocycles. The van der Waals surface area contributed by atoms with E-state index in [0.29, 0.717) is 0 Å². The molecule has 2 aliphatic heterocycles. The van der Waals surface area contributed by atoms with Crippen molar-refractivity contribution >= 4 is 22.9 Å². The number of hydrogen-bond donors (Lipinski definition) is 1. The van der Waals surface area contributed by atoms with Crippen LogP contribution in [0.5, 0.6) is 0 Å². The van der Waals surface area contributed by atoms with Crippen LogP contribution < -0.4 is 5.73 Å². The number of likely N-dealkylation sites (tertiary alicyclic amines) is 1. The molecule has 0 aromatic rings. The van der Waals surface area contributed by atoms with Crippen LogP contribution in [0.1, 0.15) is 12.8 Å². The lowest BCUT2D eigenvalue weighted by Gasteiger charge is -2.37. The van der Waals surface area contributed by atoms with E-state index in [2.05, 4.69) is 35.8 Å². The predicted molar refractivity (Wildman–Crippen MR) is 75.4 cm³/mol. The summed E-state index contributed by atoms with van der Waals surface area (Å²) in [5.41, 5.74) is 5.66. The lowest BCUT2D eigenvalue weighted by Crippen LogP contribution is -2.46. The number of piperazine rings is 1. The molecule has 2 fully saturated rings. The van der Waals surface area contributed by atoms with Crippen molar-refractivity contribution < 1.29 is 0 Å². The second-order valence-corrected chi connectivity index (χ2v) is 6.32. The number of halogens is 1. The van der Waals surface area contributed by atoms with Crippen LogP contribution in [0.4, 0.5) is 0 Å².